The van der Waals surface area contributed by atoms with Crippen LogP contribution in [0.25, 0.3) is 0 Å². The number of ketones is 1. The average molecular weight is 399 g/mol. The van der Waals surface area contributed by atoms with Crippen LogP contribution in [0.3, 0.4) is 0 Å². The first-order valence-electron chi connectivity index (χ1n) is 10.9. The van der Waals surface area contributed by atoms with Crippen molar-refractivity contribution in [3.05, 3.63) is 12.7 Å². The number of hydrogen-bond acceptors (Lipinski definition) is 6. The minimum absolute atomic E-state index is 0.0532. The summed E-state index contributed by atoms with van der Waals surface area (Å²) in [6.45, 7) is 7.99. The Labute approximate surface area is 169 Å². The van der Waals surface area contributed by atoms with Gasteiger partial charge >= 0.3 is 0 Å². The molecular formula is C22H38O6. The Morgan fingerprint density at radius 3 is 2.71 bits per heavy atom. The molecule has 0 aromatic heterocycles. The Balaban J connectivity index is 1.69. The number of unbranched alkanes of at least 4 members (excludes halogenated alkanes) is 1. The van der Waals surface area contributed by atoms with E-state index in [0.717, 1.165) is 51.6 Å². The van der Waals surface area contributed by atoms with E-state index in [1.54, 1.807) is 0 Å². The first-order chi connectivity index (χ1) is 13.6. The van der Waals surface area contributed by atoms with Gasteiger partial charge in [-0.1, -0.05) is 19.4 Å². The molecule has 1 N–H and O–H groups in total. The van der Waals surface area contributed by atoms with Crippen LogP contribution in [0.4, 0.5) is 0 Å². The molecule has 2 aliphatic rings. The smallest absolute Gasteiger partial charge is 0.157 e. The lowest BCUT2D eigenvalue weighted by Gasteiger charge is -2.35. The number of aliphatic hydroxyl groups is 1. The number of Topliss-reactive ketones (excluding diaryl/α,β-unsaturated/α-hetero) is 1. The van der Waals surface area contributed by atoms with Gasteiger partial charge in [-0.25, -0.2) is 0 Å². The zero-order valence-corrected chi connectivity index (χ0v) is 17.4. The highest BCUT2D eigenvalue weighted by Crippen LogP contribution is 2.27. The Bertz CT molecular complexity index is 448. The molecule has 2 aliphatic heterocycles. The van der Waals surface area contributed by atoms with Gasteiger partial charge in [0.1, 0.15) is 5.78 Å². The maximum Gasteiger partial charge on any atom is 0.157 e. The molecule has 28 heavy (non-hydrogen) atoms. The van der Waals surface area contributed by atoms with Gasteiger partial charge in [-0.2, -0.15) is 0 Å². The fourth-order valence-electron chi connectivity index (χ4n) is 3.86. The molecule has 2 fully saturated rings. The van der Waals surface area contributed by atoms with Crippen molar-refractivity contribution in [2.24, 2.45) is 0 Å². The predicted octanol–water partition coefficient (Wildman–Crippen LogP) is 3.55. The van der Waals surface area contributed by atoms with E-state index >= 15 is 0 Å². The third-order valence-electron chi connectivity index (χ3n) is 5.30. The zero-order chi connectivity index (χ0) is 20.2. The Hall–Kier alpha value is -0.790. The van der Waals surface area contributed by atoms with Gasteiger partial charge in [0.05, 0.1) is 37.6 Å². The van der Waals surface area contributed by atoms with Crippen molar-refractivity contribution < 1.29 is 28.8 Å². The van der Waals surface area contributed by atoms with E-state index in [1.165, 1.54) is 0 Å². The standard InChI is InChI=1S/C22H38O6/c1-3-5-10-25-20-15-19(7-4-2)28-21(16-20)14-18(24)13-17(23)8-6-9-22-26-11-12-27-22/h4,17,19-23H,2-3,5-16H2,1H3/t17-,19?,20?,21?/m0/s1. The molecule has 162 valence electrons. The molecule has 4 atom stereocenters. The maximum atomic E-state index is 12.4. The molecule has 0 aromatic carbocycles. The second-order valence-electron chi connectivity index (χ2n) is 7.93. The number of rotatable bonds is 14. The van der Waals surface area contributed by atoms with Crippen LogP contribution in [0.2, 0.25) is 0 Å². The number of carbonyl (C=O) groups is 1. The summed E-state index contributed by atoms with van der Waals surface area (Å²) in [7, 11) is 0. The summed E-state index contributed by atoms with van der Waals surface area (Å²) in [5, 5.41) is 10.2. The van der Waals surface area contributed by atoms with E-state index in [4.69, 9.17) is 18.9 Å². The van der Waals surface area contributed by atoms with Crippen molar-refractivity contribution in [3.63, 3.8) is 0 Å². The van der Waals surface area contributed by atoms with Crippen LogP contribution in [-0.4, -0.2) is 61.4 Å². The summed E-state index contributed by atoms with van der Waals surface area (Å²) in [5.74, 6) is 0.0532. The Morgan fingerprint density at radius 2 is 2.00 bits per heavy atom. The summed E-state index contributed by atoms with van der Waals surface area (Å²) < 4.78 is 22.8. The molecule has 0 spiro atoms. The van der Waals surface area contributed by atoms with Crippen LogP contribution < -0.4 is 0 Å². The number of ether oxygens (including phenoxy) is 4. The third kappa shape index (κ3) is 9.14. The predicted molar refractivity (Wildman–Crippen MR) is 107 cm³/mol. The quantitative estimate of drug-likeness (QED) is 0.356. The maximum absolute atomic E-state index is 12.4. The van der Waals surface area contributed by atoms with Gasteiger partial charge in [0.25, 0.3) is 0 Å². The minimum atomic E-state index is -0.613. The highest BCUT2D eigenvalue weighted by Gasteiger charge is 2.31. The molecule has 6 nitrogen and oxygen atoms in total. The van der Waals surface area contributed by atoms with Gasteiger partial charge in [0, 0.05) is 32.3 Å². The van der Waals surface area contributed by atoms with E-state index in [9.17, 15) is 9.90 Å². The molecule has 3 unspecified atom stereocenters. The van der Waals surface area contributed by atoms with Crippen molar-refractivity contribution in [2.75, 3.05) is 19.8 Å². The second-order valence-corrected chi connectivity index (χ2v) is 7.93. The van der Waals surface area contributed by atoms with Crippen LogP contribution in [-0.2, 0) is 23.7 Å². The fraction of sp³-hybridized carbons (Fsp3) is 0.864. The summed E-state index contributed by atoms with van der Waals surface area (Å²) >= 11 is 0. The van der Waals surface area contributed by atoms with Crippen LogP contribution in [0.5, 0.6) is 0 Å². The van der Waals surface area contributed by atoms with Gasteiger partial charge < -0.3 is 24.1 Å². The monoisotopic (exact) mass is 398 g/mol. The van der Waals surface area contributed by atoms with E-state index in [1.807, 2.05) is 6.08 Å². The molecule has 0 aliphatic carbocycles. The third-order valence-corrected chi connectivity index (χ3v) is 5.30. The molecule has 2 heterocycles. The summed E-state index contributed by atoms with van der Waals surface area (Å²) in [5.41, 5.74) is 0. The van der Waals surface area contributed by atoms with Gasteiger partial charge in [0.15, 0.2) is 6.29 Å². The number of carbonyl (C=O) groups excluding carboxylic acids is 1. The summed E-state index contributed by atoms with van der Waals surface area (Å²) in [6, 6.07) is 0. The van der Waals surface area contributed by atoms with Gasteiger partial charge in [-0.15, -0.1) is 6.58 Å². The molecule has 0 aromatic rings. The van der Waals surface area contributed by atoms with Crippen LogP contribution in [0, 0.1) is 0 Å². The highest BCUT2D eigenvalue weighted by molar-refractivity contribution is 5.79. The highest BCUT2D eigenvalue weighted by atomic mass is 16.7. The Kier molecular flexibility index (Phi) is 11.3. The lowest BCUT2D eigenvalue weighted by molar-refractivity contribution is -0.136. The fourth-order valence-corrected chi connectivity index (χ4v) is 3.86. The van der Waals surface area contributed by atoms with Crippen molar-refractivity contribution in [3.8, 4) is 0 Å². The molecule has 0 bridgehead atoms. The summed E-state index contributed by atoms with van der Waals surface area (Å²) in [4.78, 5) is 12.4. The lowest BCUT2D eigenvalue weighted by Crippen LogP contribution is -2.38. The normalized spacial score (nSPS) is 27.0. The molecule has 2 rings (SSSR count). The van der Waals surface area contributed by atoms with E-state index in [0.29, 0.717) is 26.1 Å². The van der Waals surface area contributed by atoms with Crippen molar-refractivity contribution in [1.29, 1.82) is 0 Å². The van der Waals surface area contributed by atoms with Gasteiger partial charge in [0.2, 0.25) is 0 Å². The largest absolute Gasteiger partial charge is 0.393 e. The zero-order valence-electron chi connectivity index (χ0n) is 17.4. The Morgan fingerprint density at radius 1 is 1.25 bits per heavy atom. The van der Waals surface area contributed by atoms with E-state index in [2.05, 4.69) is 13.5 Å². The SMILES string of the molecule is C=CCC1CC(OCCCC)CC(CC(=O)C[C@@H](O)CCCC2OCCO2)O1. The molecular weight excluding hydrogens is 360 g/mol. The van der Waals surface area contributed by atoms with Crippen LogP contribution in [0.1, 0.15) is 71.1 Å². The molecule has 6 heteroatoms. The molecule has 0 saturated carbocycles. The van der Waals surface area contributed by atoms with E-state index in [-0.39, 0.29) is 36.8 Å². The van der Waals surface area contributed by atoms with Gasteiger partial charge in [-0.05, 0) is 32.1 Å². The molecule has 0 amide bonds. The first kappa shape index (κ1) is 23.5. The molecule has 0 radical (unpaired) electrons. The van der Waals surface area contributed by atoms with Crippen molar-refractivity contribution in [2.45, 2.75) is 102 Å². The number of aliphatic hydroxyl groups excluding tert-OH is 1. The van der Waals surface area contributed by atoms with Crippen molar-refractivity contribution >= 4 is 5.78 Å². The molecule has 2 saturated heterocycles. The topological polar surface area (TPSA) is 74.2 Å². The second kappa shape index (κ2) is 13.4. The van der Waals surface area contributed by atoms with E-state index < -0.39 is 6.10 Å². The number of hydrogen-bond donors (Lipinski definition) is 1. The summed E-state index contributed by atoms with van der Waals surface area (Å²) in [6.07, 6.45) is 8.35. The van der Waals surface area contributed by atoms with Crippen molar-refractivity contribution in [1.82, 2.24) is 0 Å². The lowest BCUT2D eigenvalue weighted by atomic mass is 9.94. The van der Waals surface area contributed by atoms with Crippen LogP contribution >= 0.6 is 0 Å². The van der Waals surface area contributed by atoms with Crippen LogP contribution in [0.15, 0.2) is 12.7 Å². The van der Waals surface area contributed by atoms with Gasteiger partial charge in [-0.3, -0.25) is 4.79 Å². The average Bonchev–Trinajstić information content (AvgIpc) is 3.15. The minimum Gasteiger partial charge on any atom is -0.393 e. The first-order valence-corrected chi connectivity index (χ1v) is 10.9.